The summed E-state index contributed by atoms with van der Waals surface area (Å²) in [6, 6.07) is 6.73. The lowest BCUT2D eigenvalue weighted by atomic mass is 10.4. The topological polar surface area (TPSA) is 26.5 Å². The van der Waals surface area contributed by atoms with E-state index < -0.39 is 0 Å². The van der Waals surface area contributed by atoms with Crippen molar-refractivity contribution >= 4 is 5.52 Å². The third-order valence-electron chi connectivity index (χ3n) is 1.54. The van der Waals surface area contributed by atoms with Crippen molar-refractivity contribution in [3.8, 4) is 5.75 Å². The van der Waals surface area contributed by atoms with Crippen molar-refractivity contribution in [2.45, 2.75) is 0 Å². The van der Waals surface area contributed by atoms with E-state index in [1.165, 1.54) is 0 Å². The first kappa shape index (κ1) is 6.22. The Morgan fingerprint density at radius 2 is 2.55 bits per heavy atom. The summed E-state index contributed by atoms with van der Waals surface area (Å²) in [5, 5.41) is 4.01. The number of fused-ring (bicyclic) bond motifs is 1. The summed E-state index contributed by atoms with van der Waals surface area (Å²) in [6.07, 6.45) is 3.48. The Bertz CT molecular complexity index is 367. The summed E-state index contributed by atoms with van der Waals surface area (Å²) in [4.78, 5) is 0. The monoisotopic (exact) mass is 147 g/mol. The molecule has 2 rings (SSSR count). The fourth-order valence-electron chi connectivity index (χ4n) is 1.03. The van der Waals surface area contributed by atoms with E-state index in [9.17, 15) is 0 Å². The molecule has 0 spiro atoms. The van der Waals surface area contributed by atoms with Crippen molar-refractivity contribution in [2.24, 2.45) is 0 Å². The molecule has 0 atom stereocenters. The molecule has 1 radical (unpaired) electrons. The van der Waals surface area contributed by atoms with E-state index in [-0.39, 0.29) is 0 Å². The summed E-state index contributed by atoms with van der Waals surface area (Å²) < 4.78 is 6.81. The van der Waals surface area contributed by atoms with Gasteiger partial charge in [0.15, 0.2) is 0 Å². The van der Waals surface area contributed by atoms with Crippen LogP contribution in [-0.4, -0.2) is 16.7 Å². The van der Waals surface area contributed by atoms with Gasteiger partial charge in [-0.15, -0.1) is 0 Å². The Morgan fingerprint density at radius 3 is 3.36 bits per heavy atom. The van der Waals surface area contributed by atoms with Gasteiger partial charge in [-0.2, -0.15) is 5.10 Å². The first-order valence-corrected chi connectivity index (χ1v) is 3.30. The minimum absolute atomic E-state index is 0.796. The fraction of sp³-hybridized carbons (Fsp3) is 0.125. The van der Waals surface area contributed by atoms with E-state index >= 15 is 0 Å². The standard InChI is InChI=1S/C8H7N2O/c1-11-8-3-2-6-10-7(8)4-5-9-10/h2-3,5-6H,1H3. The maximum Gasteiger partial charge on any atom is 0.145 e. The molecule has 0 saturated heterocycles. The molecule has 0 fully saturated rings. The summed E-state index contributed by atoms with van der Waals surface area (Å²) >= 11 is 0. The average molecular weight is 147 g/mol. The summed E-state index contributed by atoms with van der Waals surface area (Å²) in [5.41, 5.74) is 0.870. The first-order valence-electron chi connectivity index (χ1n) is 3.30. The Labute approximate surface area is 64.2 Å². The third kappa shape index (κ3) is 0.852. The number of hydrogen-bond acceptors (Lipinski definition) is 2. The van der Waals surface area contributed by atoms with Crippen LogP contribution in [0.4, 0.5) is 0 Å². The van der Waals surface area contributed by atoms with Crippen LogP contribution >= 0.6 is 0 Å². The van der Waals surface area contributed by atoms with Gasteiger partial charge in [0.05, 0.1) is 13.3 Å². The molecule has 0 N–H and O–H groups in total. The van der Waals surface area contributed by atoms with E-state index in [1.54, 1.807) is 17.8 Å². The van der Waals surface area contributed by atoms with Crippen LogP contribution in [0, 0.1) is 6.07 Å². The van der Waals surface area contributed by atoms with Crippen LogP contribution in [0.5, 0.6) is 5.75 Å². The molecule has 55 valence electrons. The normalized spacial score (nSPS) is 10.3. The molecule has 0 saturated carbocycles. The zero-order valence-electron chi connectivity index (χ0n) is 6.11. The SMILES string of the molecule is COc1cccn2nc[c]c12. The van der Waals surface area contributed by atoms with Crippen molar-refractivity contribution in [3.05, 3.63) is 30.6 Å². The van der Waals surface area contributed by atoms with Crippen LogP contribution in [0.2, 0.25) is 0 Å². The van der Waals surface area contributed by atoms with Gasteiger partial charge in [0.1, 0.15) is 11.3 Å². The van der Waals surface area contributed by atoms with Gasteiger partial charge in [0.2, 0.25) is 0 Å². The minimum Gasteiger partial charge on any atom is -0.494 e. The predicted octanol–water partition coefficient (Wildman–Crippen LogP) is 1.14. The highest BCUT2D eigenvalue weighted by Crippen LogP contribution is 2.16. The Hall–Kier alpha value is -1.51. The molecular weight excluding hydrogens is 140 g/mol. The lowest BCUT2D eigenvalue weighted by Crippen LogP contribution is -1.89. The number of methoxy groups -OCH3 is 1. The molecule has 11 heavy (non-hydrogen) atoms. The predicted molar refractivity (Wildman–Crippen MR) is 40.6 cm³/mol. The minimum atomic E-state index is 0.796. The molecule has 0 bridgehead atoms. The highest BCUT2D eigenvalue weighted by Gasteiger charge is 1.98. The summed E-state index contributed by atoms with van der Waals surface area (Å²) in [6.45, 7) is 0. The molecule has 0 aliphatic carbocycles. The number of aromatic nitrogens is 2. The quantitative estimate of drug-likeness (QED) is 0.604. The van der Waals surface area contributed by atoms with Crippen LogP contribution in [0.15, 0.2) is 24.5 Å². The smallest absolute Gasteiger partial charge is 0.145 e. The van der Waals surface area contributed by atoms with Crippen LogP contribution < -0.4 is 4.74 Å². The van der Waals surface area contributed by atoms with Gasteiger partial charge in [-0.1, -0.05) is 0 Å². The Balaban J connectivity index is 2.79. The van der Waals surface area contributed by atoms with Gasteiger partial charge in [0.25, 0.3) is 0 Å². The largest absolute Gasteiger partial charge is 0.494 e. The average Bonchev–Trinajstić information content (AvgIpc) is 2.50. The van der Waals surface area contributed by atoms with Crippen molar-refractivity contribution < 1.29 is 4.74 Å². The van der Waals surface area contributed by atoms with Crippen molar-refractivity contribution in [1.29, 1.82) is 0 Å². The second kappa shape index (κ2) is 2.27. The van der Waals surface area contributed by atoms with Gasteiger partial charge in [-0.05, 0) is 12.1 Å². The van der Waals surface area contributed by atoms with E-state index in [0.717, 1.165) is 11.3 Å². The lowest BCUT2D eigenvalue weighted by molar-refractivity contribution is 0.417. The van der Waals surface area contributed by atoms with Crippen LogP contribution in [0.25, 0.3) is 5.52 Å². The molecule has 2 aromatic rings. The second-order valence-electron chi connectivity index (χ2n) is 2.16. The molecule has 0 aliphatic rings. The van der Waals surface area contributed by atoms with Gasteiger partial charge >= 0.3 is 0 Å². The number of rotatable bonds is 1. The molecule has 3 heteroatoms. The molecule has 3 nitrogen and oxygen atoms in total. The van der Waals surface area contributed by atoms with Gasteiger partial charge in [0, 0.05) is 12.3 Å². The number of pyridine rings is 1. The van der Waals surface area contributed by atoms with Crippen molar-refractivity contribution in [1.82, 2.24) is 9.61 Å². The molecule has 2 heterocycles. The Morgan fingerprint density at radius 1 is 1.64 bits per heavy atom. The highest BCUT2D eigenvalue weighted by molar-refractivity contribution is 5.57. The molecular formula is C8H7N2O. The molecule has 0 unspecified atom stereocenters. The molecule has 0 aliphatic heterocycles. The zero-order valence-corrected chi connectivity index (χ0v) is 6.11. The first-order chi connectivity index (χ1) is 5.42. The van der Waals surface area contributed by atoms with Crippen molar-refractivity contribution in [2.75, 3.05) is 7.11 Å². The Kier molecular flexibility index (Phi) is 1.28. The maximum absolute atomic E-state index is 5.09. The van der Waals surface area contributed by atoms with E-state index in [4.69, 9.17) is 4.74 Å². The van der Waals surface area contributed by atoms with E-state index in [0.29, 0.717) is 0 Å². The third-order valence-corrected chi connectivity index (χ3v) is 1.54. The highest BCUT2D eigenvalue weighted by atomic mass is 16.5. The summed E-state index contributed by atoms with van der Waals surface area (Å²) in [5.74, 6) is 0.796. The van der Waals surface area contributed by atoms with Crippen LogP contribution in [0.3, 0.4) is 0 Å². The fourth-order valence-corrected chi connectivity index (χ4v) is 1.03. The maximum atomic E-state index is 5.09. The van der Waals surface area contributed by atoms with Crippen molar-refractivity contribution in [3.63, 3.8) is 0 Å². The second-order valence-corrected chi connectivity index (χ2v) is 2.16. The molecule has 0 amide bonds. The number of hydrogen-bond donors (Lipinski definition) is 0. The summed E-state index contributed by atoms with van der Waals surface area (Å²) in [7, 11) is 1.64. The van der Waals surface area contributed by atoms with Crippen LogP contribution in [-0.2, 0) is 0 Å². The zero-order chi connectivity index (χ0) is 7.68. The number of ether oxygens (including phenoxy) is 1. The van der Waals surface area contributed by atoms with Gasteiger partial charge in [-0.25, -0.2) is 4.52 Å². The van der Waals surface area contributed by atoms with Gasteiger partial charge < -0.3 is 4.74 Å². The number of nitrogens with zero attached hydrogens (tertiary/aromatic N) is 2. The van der Waals surface area contributed by atoms with E-state index in [2.05, 4.69) is 11.2 Å². The van der Waals surface area contributed by atoms with Gasteiger partial charge in [-0.3, -0.25) is 0 Å². The van der Waals surface area contributed by atoms with E-state index in [1.807, 2.05) is 18.3 Å². The lowest BCUT2D eigenvalue weighted by Gasteiger charge is -1.99. The van der Waals surface area contributed by atoms with Crippen LogP contribution in [0.1, 0.15) is 0 Å². The molecule has 2 aromatic heterocycles. The molecule has 0 aromatic carbocycles.